The highest BCUT2D eigenvalue weighted by molar-refractivity contribution is 7.07. The third kappa shape index (κ3) is 4.76. The average Bonchev–Trinajstić information content (AvgIpc) is 3.18. The van der Waals surface area contributed by atoms with Gasteiger partial charge in [0.25, 0.3) is 0 Å². The first-order valence-electron chi connectivity index (χ1n) is 9.57. The summed E-state index contributed by atoms with van der Waals surface area (Å²) < 4.78 is 1.95. The average molecular weight is 399 g/mol. The molecule has 0 fully saturated rings. The lowest BCUT2D eigenvalue weighted by Crippen LogP contribution is -2.15. The zero-order valence-electron chi connectivity index (χ0n) is 16.3. The number of pyridine rings is 1. The van der Waals surface area contributed by atoms with Gasteiger partial charge in [-0.1, -0.05) is 66.7 Å². The minimum atomic E-state index is 0.722. The summed E-state index contributed by atoms with van der Waals surface area (Å²) in [5.41, 5.74) is 5.35. The van der Waals surface area contributed by atoms with Crippen molar-refractivity contribution in [2.75, 3.05) is 6.54 Å². The maximum Gasteiger partial charge on any atom is 0.206 e. The van der Waals surface area contributed by atoms with Crippen molar-refractivity contribution in [2.45, 2.75) is 13.3 Å². The second kappa shape index (κ2) is 9.26. The molecule has 2 aromatic carbocycles. The fraction of sp³-hybridized carbons (Fsp3) is 0.125. The van der Waals surface area contributed by atoms with Gasteiger partial charge in [0.15, 0.2) is 0 Å². The van der Waals surface area contributed by atoms with Gasteiger partial charge in [-0.15, -0.1) is 11.3 Å². The molecule has 0 atom stereocenters. The van der Waals surface area contributed by atoms with Crippen molar-refractivity contribution in [2.24, 2.45) is 10.1 Å². The fourth-order valence-electron chi connectivity index (χ4n) is 3.02. The van der Waals surface area contributed by atoms with Crippen LogP contribution in [-0.2, 0) is 6.42 Å². The quantitative estimate of drug-likeness (QED) is 0.420. The van der Waals surface area contributed by atoms with Gasteiger partial charge < -0.3 is 0 Å². The molecule has 0 saturated carbocycles. The van der Waals surface area contributed by atoms with Crippen LogP contribution >= 0.6 is 11.3 Å². The minimum Gasteiger partial charge on any atom is -0.264 e. The van der Waals surface area contributed by atoms with Crippen molar-refractivity contribution < 1.29 is 0 Å². The van der Waals surface area contributed by atoms with E-state index in [4.69, 9.17) is 10.1 Å². The molecule has 5 heteroatoms. The molecule has 4 aromatic rings. The lowest BCUT2D eigenvalue weighted by Gasteiger charge is -2.06. The molecule has 0 amide bonds. The number of rotatable bonds is 6. The standard InChI is InChI=1S/C24H22N4S/c1-19(22-13-8-15-25-17-22)27-28-23(21-11-6-3-7-12-21)18-29-24(28)26-16-14-20-9-4-2-5-10-20/h2-13,15,17-18H,14,16H2,1H3. The van der Waals surface area contributed by atoms with Gasteiger partial charge in [-0.25, -0.2) is 4.68 Å². The van der Waals surface area contributed by atoms with Crippen LogP contribution in [0.2, 0.25) is 0 Å². The van der Waals surface area contributed by atoms with Crippen LogP contribution in [0, 0.1) is 0 Å². The summed E-state index contributed by atoms with van der Waals surface area (Å²) in [7, 11) is 0. The van der Waals surface area contributed by atoms with Gasteiger partial charge >= 0.3 is 0 Å². The Morgan fingerprint density at radius 2 is 1.72 bits per heavy atom. The maximum absolute atomic E-state index is 4.90. The van der Waals surface area contributed by atoms with Crippen molar-refractivity contribution in [3.05, 3.63) is 106 Å². The topological polar surface area (TPSA) is 42.5 Å². The second-order valence-electron chi connectivity index (χ2n) is 6.63. The SMILES string of the molecule is CC(=Nn1c(-c2ccccc2)csc1=NCCc1ccccc1)c1cccnc1. The van der Waals surface area contributed by atoms with E-state index in [1.165, 1.54) is 5.56 Å². The Morgan fingerprint density at radius 3 is 2.45 bits per heavy atom. The van der Waals surface area contributed by atoms with Crippen LogP contribution in [0.25, 0.3) is 11.3 Å². The van der Waals surface area contributed by atoms with E-state index >= 15 is 0 Å². The molecule has 29 heavy (non-hydrogen) atoms. The van der Waals surface area contributed by atoms with E-state index in [1.807, 2.05) is 54.2 Å². The Morgan fingerprint density at radius 1 is 0.966 bits per heavy atom. The highest BCUT2D eigenvalue weighted by Crippen LogP contribution is 2.20. The number of thiazole rings is 1. The van der Waals surface area contributed by atoms with Crippen LogP contribution in [0.1, 0.15) is 18.1 Å². The molecule has 0 spiro atoms. The van der Waals surface area contributed by atoms with E-state index < -0.39 is 0 Å². The van der Waals surface area contributed by atoms with E-state index in [2.05, 4.69) is 46.8 Å². The van der Waals surface area contributed by atoms with Crippen molar-refractivity contribution >= 4 is 17.0 Å². The molecule has 0 unspecified atom stereocenters. The van der Waals surface area contributed by atoms with E-state index in [0.29, 0.717) is 0 Å². The molecule has 0 saturated heterocycles. The lowest BCUT2D eigenvalue weighted by molar-refractivity contribution is 0.812. The molecule has 0 bridgehead atoms. The number of hydrogen-bond donors (Lipinski definition) is 0. The lowest BCUT2D eigenvalue weighted by atomic mass is 10.2. The normalized spacial score (nSPS) is 12.3. The van der Waals surface area contributed by atoms with Crippen LogP contribution in [0.3, 0.4) is 0 Å². The number of nitrogens with zero attached hydrogens (tertiary/aromatic N) is 4. The smallest absolute Gasteiger partial charge is 0.206 e. The third-order valence-electron chi connectivity index (χ3n) is 4.57. The molecule has 4 nitrogen and oxygen atoms in total. The monoisotopic (exact) mass is 398 g/mol. The Kier molecular flexibility index (Phi) is 6.07. The Hall–Kier alpha value is -3.31. The van der Waals surface area contributed by atoms with Crippen molar-refractivity contribution in [1.29, 1.82) is 0 Å². The first-order valence-corrected chi connectivity index (χ1v) is 10.5. The van der Waals surface area contributed by atoms with Crippen LogP contribution < -0.4 is 4.80 Å². The van der Waals surface area contributed by atoms with Crippen LogP contribution in [-0.4, -0.2) is 21.9 Å². The second-order valence-corrected chi connectivity index (χ2v) is 7.46. The summed E-state index contributed by atoms with van der Waals surface area (Å²) >= 11 is 1.62. The molecule has 2 heterocycles. The van der Waals surface area contributed by atoms with Gasteiger partial charge in [-0.05, 0) is 25.0 Å². The summed E-state index contributed by atoms with van der Waals surface area (Å²) in [6, 6.07) is 24.7. The number of aromatic nitrogens is 2. The molecule has 0 aliphatic rings. The van der Waals surface area contributed by atoms with E-state index in [-0.39, 0.29) is 0 Å². The summed E-state index contributed by atoms with van der Waals surface area (Å²) in [6.45, 7) is 2.73. The molecule has 0 radical (unpaired) electrons. The van der Waals surface area contributed by atoms with Gasteiger partial charge in [0, 0.05) is 35.4 Å². The zero-order chi connectivity index (χ0) is 19.9. The van der Waals surface area contributed by atoms with Crippen LogP contribution in [0.4, 0.5) is 0 Å². The summed E-state index contributed by atoms with van der Waals surface area (Å²) in [5.74, 6) is 0. The van der Waals surface area contributed by atoms with E-state index in [0.717, 1.165) is 40.3 Å². The van der Waals surface area contributed by atoms with Crippen LogP contribution in [0.5, 0.6) is 0 Å². The molecular weight excluding hydrogens is 376 g/mol. The predicted molar refractivity (Wildman–Crippen MR) is 120 cm³/mol. The van der Waals surface area contributed by atoms with Crippen molar-refractivity contribution in [1.82, 2.24) is 9.66 Å². The van der Waals surface area contributed by atoms with Crippen molar-refractivity contribution in [3.63, 3.8) is 0 Å². The van der Waals surface area contributed by atoms with Gasteiger partial charge in [-0.3, -0.25) is 9.98 Å². The van der Waals surface area contributed by atoms with E-state index in [9.17, 15) is 0 Å². The highest BCUT2D eigenvalue weighted by atomic mass is 32.1. The largest absolute Gasteiger partial charge is 0.264 e. The fourth-order valence-corrected chi connectivity index (χ4v) is 3.88. The van der Waals surface area contributed by atoms with Gasteiger partial charge in [0.05, 0.1) is 11.4 Å². The van der Waals surface area contributed by atoms with Gasteiger partial charge in [0.2, 0.25) is 4.80 Å². The Balaban J connectivity index is 1.72. The predicted octanol–water partition coefficient (Wildman–Crippen LogP) is 5.03. The van der Waals surface area contributed by atoms with Gasteiger partial charge in [-0.2, -0.15) is 5.10 Å². The highest BCUT2D eigenvalue weighted by Gasteiger charge is 2.08. The summed E-state index contributed by atoms with van der Waals surface area (Å²) in [4.78, 5) is 9.96. The Bertz CT molecular complexity index is 1140. The first kappa shape index (κ1) is 19.0. The summed E-state index contributed by atoms with van der Waals surface area (Å²) in [5, 5.41) is 7.02. The first-order chi connectivity index (χ1) is 14.3. The third-order valence-corrected chi connectivity index (χ3v) is 5.43. The van der Waals surface area contributed by atoms with E-state index in [1.54, 1.807) is 17.5 Å². The molecule has 144 valence electrons. The minimum absolute atomic E-state index is 0.722. The Labute approximate surface area is 174 Å². The number of hydrogen-bond acceptors (Lipinski definition) is 4. The molecular formula is C24H22N4S. The summed E-state index contributed by atoms with van der Waals surface area (Å²) in [6.07, 6.45) is 4.51. The number of benzene rings is 2. The molecule has 4 rings (SSSR count). The molecule has 0 aliphatic carbocycles. The zero-order valence-corrected chi connectivity index (χ0v) is 17.1. The van der Waals surface area contributed by atoms with Crippen LogP contribution in [0.15, 0.2) is 101 Å². The molecule has 0 N–H and O–H groups in total. The van der Waals surface area contributed by atoms with Crippen molar-refractivity contribution in [3.8, 4) is 11.3 Å². The molecule has 0 aliphatic heterocycles. The maximum atomic E-state index is 4.90. The van der Waals surface area contributed by atoms with Gasteiger partial charge in [0.1, 0.15) is 0 Å². The molecule has 2 aromatic heterocycles.